The van der Waals surface area contributed by atoms with E-state index in [-0.39, 0.29) is 18.1 Å². The van der Waals surface area contributed by atoms with Crippen LogP contribution < -0.4 is 0 Å². The van der Waals surface area contributed by atoms with E-state index in [2.05, 4.69) is 11.0 Å². The summed E-state index contributed by atoms with van der Waals surface area (Å²) >= 11 is 0. The molecular formula is C13H19NO3. The normalized spacial score (nSPS) is 27.6. The van der Waals surface area contributed by atoms with Gasteiger partial charge >= 0.3 is 5.97 Å². The zero-order valence-corrected chi connectivity index (χ0v) is 10.3. The fraction of sp³-hybridized carbons (Fsp3) is 0.615. The van der Waals surface area contributed by atoms with E-state index in [4.69, 9.17) is 4.74 Å². The summed E-state index contributed by atoms with van der Waals surface area (Å²) in [7, 11) is 0. The molecule has 1 saturated heterocycles. The first-order valence-corrected chi connectivity index (χ1v) is 6.00. The molecule has 2 atom stereocenters. The van der Waals surface area contributed by atoms with Gasteiger partial charge in [0, 0.05) is 19.2 Å². The number of aliphatic hydroxyl groups is 1. The Morgan fingerprint density at radius 2 is 2.41 bits per heavy atom. The standard InChI is InChI=1S/C13H19NO3/c1-9(2)7-12(16)17-8-10-3-5-14-6-4-11(15)13(10)14/h3,7,11,13,15H,4-6,8H2,1-2H3/t11-,13+/m0/s1. The molecule has 0 saturated carbocycles. The predicted molar refractivity (Wildman–Crippen MR) is 64.5 cm³/mol. The van der Waals surface area contributed by atoms with Crippen LogP contribution in [-0.2, 0) is 9.53 Å². The largest absolute Gasteiger partial charge is 0.458 e. The third kappa shape index (κ3) is 2.76. The molecule has 0 bridgehead atoms. The van der Waals surface area contributed by atoms with Crippen molar-refractivity contribution >= 4 is 5.97 Å². The minimum atomic E-state index is -0.314. The Balaban J connectivity index is 1.88. The molecule has 0 amide bonds. The highest BCUT2D eigenvalue weighted by molar-refractivity contribution is 5.82. The van der Waals surface area contributed by atoms with Gasteiger partial charge in [0.25, 0.3) is 0 Å². The van der Waals surface area contributed by atoms with E-state index in [0.717, 1.165) is 30.7 Å². The molecule has 4 nitrogen and oxygen atoms in total. The molecule has 0 aromatic carbocycles. The summed E-state index contributed by atoms with van der Waals surface area (Å²) in [4.78, 5) is 13.6. The Kier molecular flexibility index (Phi) is 3.64. The molecule has 0 spiro atoms. The monoisotopic (exact) mass is 237 g/mol. The number of hydrogen-bond acceptors (Lipinski definition) is 4. The quantitative estimate of drug-likeness (QED) is 0.449. The topological polar surface area (TPSA) is 49.8 Å². The molecule has 2 aliphatic rings. The summed E-state index contributed by atoms with van der Waals surface area (Å²) in [5.74, 6) is -0.308. The van der Waals surface area contributed by atoms with E-state index >= 15 is 0 Å². The fourth-order valence-corrected chi connectivity index (χ4v) is 2.46. The van der Waals surface area contributed by atoms with Crippen molar-refractivity contribution in [3.05, 3.63) is 23.3 Å². The van der Waals surface area contributed by atoms with Crippen molar-refractivity contribution in [3.63, 3.8) is 0 Å². The van der Waals surface area contributed by atoms with Gasteiger partial charge in [-0.1, -0.05) is 11.6 Å². The first-order valence-electron chi connectivity index (χ1n) is 6.00. The molecule has 17 heavy (non-hydrogen) atoms. The Labute approximate surface area is 102 Å². The summed E-state index contributed by atoms with van der Waals surface area (Å²) in [6.45, 7) is 5.79. The number of nitrogens with zero attached hydrogens (tertiary/aromatic N) is 1. The molecule has 0 aromatic heterocycles. The maximum absolute atomic E-state index is 11.4. The van der Waals surface area contributed by atoms with E-state index in [1.54, 1.807) is 0 Å². The van der Waals surface area contributed by atoms with Gasteiger partial charge in [-0.3, -0.25) is 4.90 Å². The van der Waals surface area contributed by atoms with E-state index in [1.165, 1.54) is 6.08 Å². The maximum atomic E-state index is 11.4. The lowest BCUT2D eigenvalue weighted by atomic mass is 10.1. The molecule has 0 radical (unpaired) electrons. The lowest BCUT2D eigenvalue weighted by Gasteiger charge is -2.20. The predicted octanol–water partition coefficient (Wildman–Crippen LogP) is 0.871. The molecule has 2 rings (SSSR count). The molecule has 0 aliphatic carbocycles. The van der Waals surface area contributed by atoms with Gasteiger partial charge in [0.05, 0.1) is 12.1 Å². The average molecular weight is 237 g/mol. The summed E-state index contributed by atoms with van der Waals surface area (Å²) in [5, 5.41) is 9.85. The minimum absolute atomic E-state index is 0.0644. The van der Waals surface area contributed by atoms with Crippen LogP contribution in [0.2, 0.25) is 0 Å². The number of carbonyl (C=O) groups is 1. The SMILES string of the molecule is CC(C)=CC(=O)OCC1=CCN2CC[C@H](O)[C@@H]12. The Hall–Kier alpha value is -1.13. The smallest absolute Gasteiger partial charge is 0.331 e. The van der Waals surface area contributed by atoms with Crippen molar-refractivity contribution in [2.24, 2.45) is 0 Å². The summed E-state index contributed by atoms with van der Waals surface area (Å²) < 4.78 is 5.17. The maximum Gasteiger partial charge on any atom is 0.331 e. The lowest BCUT2D eigenvalue weighted by Crippen LogP contribution is -2.33. The number of ether oxygens (including phenoxy) is 1. The van der Waals surface area contributed by atoms with Crippen LogP contribution in [0.1, 0.15) is 20.3 Å². The molecule has 94 valence electrons. The second kappa shape index (κ2) is 5.02. The van der Waals surface area contributed by atoms with Crippen molar-refractivity contribution in [1.82, 2.24) is 4.90 Å². The first-order chi connectivity index (χ1) is 8.08. The molecule has 1 N–H and O–H groups in total. The Morgan fingerprint density at radius 3 is 3.12 bits per heavy atom. The van der Waals surface area contributed by atoms with Gasteiger partial charge in [0.15, 0.2) is 0 Å². The van der Waals surface area contributed by atoms with Crippen molar-refractivity contribution < 1.29 is 14.6 Å². The molecule has 0 unspecified atom stereocenters. The summed E-state index contributed by atoms with van der Waals surface area (Å²) in [5.41, 5.74) is 1.96. The zero-order valence-electron chi connectivity index (χ0n) is 10.3. The van der Waals surface area contributed by atoms with Gasteiger partial charge in [-0.15, -0.1) is 0 Å². The molecular weight excluding hydrogens is 218 g/mol. The third-order valence-corrected chi connectivity index (χ3v) is 3.23. The highest BCUT2D eigenvalue weighted by Crippen LogP contribution is 2.29. The van der Waals surface area contributed by atoms with Gasteiger partial charge in [-0.05, 0) is 25.8 Å². The zero-order chi connectivity index (χ0) is 12.4. The fourth-order valence-electron chi connectivity index (χ4n) is 2.46. The third-order valence-electron chi connectivity index (χ3n) is 3.23. The second-order valence-electron chi connectivity index (χ2n) is 4.90. The lowest BCUT2D eigenvalue weighted by molar-refractivity contribution is -0.137. The van der Waals surface area contributed by atoms with Gasteiger partial charge < -0.3 is 9.84 Å². The highest BCUT2D eigenvalue weighted by Gasteiger charge is 2.38. The number of hydrogen-bond donors (Lipinski definition) is 1. The number of carbonyl (C=O) groups excluding carboxylic acids is 1. The minimum Gasteiger partial charge on any atom is -0.458 e. The van der Waals surface area contributed by atoms with Crippen LogP contribution in [-0.4, -0.2) is 47.8 Å². The van der Waals surface area contributed by atoms with Crippen LogP contribution in [0.3, 0.4) is 0 Å². The Bertz CT molecular complexity index is 369. The number of aliphatic hydroxyl groups excluding tert-OH is 1. The van der Waals surface area contributed by atoms with Crippen molar-refractivity contribution in [1.29, 1.82) is 0 Å². The molecule has 0 aromatic rings. The number of esters is 1. The van der Waals surface area contributed by atoms with Gasteiger partial charge in [0.1, 0.15) is 6.61 Å². The molecule has 1 fully saturated rings. The van der Waals surface area contributed by atoms with Gasteiger partial charge in [-0.2, -0.15) is 0 Å². The average Bonchev–Trinajstić information content (AvgIpc) is 2.79. The second-order valence-corrected chi connectivity index (χ2v) is 4.90. The Morgan fingerprint density at radius 1 is 1.65 bits per heavy atom. The van der Waals surface area contributed by atoms with Crippen molar-refractivity contribution in [3.8, 4) is 0 Å². The number of allylic oxidation sites excluding steroid dienone is 1. The summed E-state index contributed by atoms with van der Waals surface area (Å²) in [6, 6.07) is 0.0644. The number of fused-ring (bicyclic) bond motifs is 1. The molecule has 4 heteroatoms. The summed E-state index contributed by atoms with van der Waals surface area (Å²) in [6.07, 6.45) is 4.04. The first kappa shape index (κ1) is 12.3. The van der Waals surface area contributed by atoms with Crippen LogP contribution in [0, 0.1) is 0 Å². The number of rotatable bonds is 3. The van der Waals surface area contributed by atoms with E-state index < -0.39 is 0 Å². The molecule has 2 aliphatic heterocycles. The van der Waals surface area contributed by atoms with E-state index in [1.807, 2.05) is 13.8 Å². The van der Waals surface area contributed by atoms with Gasteiger partial charge in [-0.25, -0.2) is 4.79 Å². The van der Waals surface area contributed by atoms with Crippen LogP contribution >= 0.6 is 0 Å². The van der Waals surface area contributed by atoms with E-state index in [0.29, 0.717) is 6.61 Å². The van der Waals surface area contributed by atoms with Crippen LogP contribution in [0.25, 0.3) is 0 Å². The van der Waals surface area contributed by atoms with Crippen LogP contribution in [0.4, 0.5) is 0 Å². The van der Waals surface area contributed by atoms with Crippen LogP contribution in [0.5, 0.6) is 0 Å². The van der Waals surface area contributed by atoms with Gasteiger partial charge in [0.2, 0.25) is 0 Å². The van der Waals surface area contributed by atoms with E-state index in [9.17, 15) is 9.90 Å². The molecule has 2 heterocycles. The van der Waals surface area contributed by atoms with Crippen LogP contribution in [0.15, 0.2) is 23.3 Å². The van der Waals surface area contributed by atoms with Crippen molar-refractivity contribution in [2.45, 2.75) is 32.4 Å². The van der Waals surface area contributed by atoms with Crippen molar-refractivity contribution in [2.75, 3.05) is 19.7 Å². The highest BCUT2D eigenvalue weighted by atomic mass is 16.5.